The highest BCUT2D eigenvalue weighted by molar-refractivity contribution is 6.11. The number of para-hydroxylation sites is 6. The first-order valence-corrected chi connectivity index (χ1v) is 16.9. The summed E-state index contributed by atoms with van der Waals surface area (Å²) in [5, 5.41) is 4.96. The van der Waals surface area contributed by atoms with E-state index in [1.807, 2.05) is 24.8 Å². The lowest BCUT2D eigenvalue weighted by atomic mass is 9.90. The maximum atomic E-state index is 4.69. The van der Waals surface area contributed by atoms with Gasteiger partial charge >= 0.3 is 0 Å². The molecule has 0 saturated carbocycles. The number of hydrogen-bond acceptors (Lipinski definition) is 2. The number of aromatic nitrogens is 4. The zero-order chi connectivity index (χ0) is 33.0. The van der Waals surface area contributed by atoms with E-state index in [2.05, 4.69) is 177 Å². The maximum Gasteiger partial charge on any atom is 0.0541 e. The van der Waals surface area contributed by atoms with E-state index in [1.165, 1.54) is 43.6 Å². The normalized spacial score (nSPS) is 11.6. The molecule has 4 heteroatoms. The summed E-state index contributed by atoms with van der Waals surface area (Å²) in [5.41, 5.74) is 13.5. The third-order valence-electron chi connectivity index (χ3n) is 9.96. The Kier molecular flexibility index (Phi) is 6.46. The lowest BCUT2D eigenvalue weighted by Crippen LogP contribution is -2.00. The minimum atomic E-state index is 1.03. The molecule has 0 N–H and O–H groups in total. The number of hydrogen-bond donors (Lipinski definition) is 0. The second-order valence-electron chi connectivity index (χ2n) is 12.6. The molecule has 0 atom stereocenters. The van der Waals surface area contributed by atoms with Crippen LogP contribution in [0, 0.1) is 0 Å². The number of benzene rings is 6. The molecule has 234 valence electrons. The van der Waals surface area contributed by atoms with Crippen molar-refractivity contribution in [3.05, 3.63) is 183 Å². The molecule has 10 rings (SSSR count). The van der Waals surface area contributed by atoms with E-state index in [1.54, 1.807) is 0 Å². The van der Waals surface area contributed by atoms with Gasteiger partial charge in [0.2, 0.25) is 0 Å². The highest BCUT2D eigenvalue weighted by Crippen LogP contribution is 2.43. The molecular weight excluding hydrogens is 609 g/mol. The van der Waals surface area contributed by atoms with Gasteiger partial charge in [-0.3, -0.25) is 9.97 Å². The third kappa shape index (κ3) is 4.25. The summed E-state index contributed by atoms with van der Waals surface area (Å²) in [6.45, 7) is 0. The fourth-order valence-electron chi connectivity index (χ4n) is 7.84. The lowest BCUT2D eigenvalue weighted by molar-refractivity contribution is 1.18. The quantitative estimate of drug-likeness (QED) is 0.188. The number of fused-ring (bicyclic) bond motifs is 6. The molecule has 0 bridgehead atoms. The minimum Gasteiger partial charge on any atom is -0.309 e. The van der Waals surface area contributed by atoms with E-state index in [-0.39, 0.29) is 0 Å². The van der Waals surface area contributed by atoms with Gasteiger partial charge in [-0.25, -0.2) is 0 Å². The summed E-state index contributed by atoms with van der Waals surface area (Å²) in [5.74, 6) is 0. The molecule has 10 aromatic rings. The van der Waals surface area contributed by atoms with Crippen LogP contribution in [0.25, 0.3) is 88.4 Å². The van der Waals surface area contributed by atoms with Crippen molar-refractivity contribution in [2.45, 2.75) is 0 Å². The van der Waals surface area contributed by atoms with Crippen molar-refractivity contribution in [1.29, 1.82) is 0 Å². The molecule has 4 heterocycles. The van der Waals surface area contributed by atoms with Crippen LogP contribution < -0.4 is 0 Å². The van der Waals surface area contributed by atoms with Crippen LogP contribution >= 0.6 is 0 Å². The molecule has 0 radical (unpaired) electrons. The highest BCUT2D eigenvalue weighted by atomic mass is 15.0. The highest BCUT2D eigenvalue weighted by Gasteiger charge is 2.21. The second-order valence-corrected chi connectivity index (χ2v) is 12.6. The molecule has 0 aliphatic carbocycles. The zero-order valence-electron chi connectivity index (χ0n) is 27.1. The molecule has 0 aliphatic rings. The third-order valence-corrected chi connectivity index (χ3v) is 9.96. The van der Waals surface area contributed by atoms with E-state index in [4.69, 9.17) is 0 Å². The van der Waals surface area contributed by atoms with Gasteiger partial charge in [-0.2, -0.15) is 0 Å². The van der Waals surface area contributed by atoms with E-state index in [0.717, 1.165) is 44.8 Å². The molecule has 0 saturated heterocycles. The topological polar surface area (TPSA) is 35.6 Å². The summed E-state index contributed by atoms with van der Waals surface area (Å²) in [6, 6.07) is 56.3. The van der Waals surface area contributed by atoms with Crippen molar-refractivity contribution >= 4 is 43.6 Å². The van der Waals surface area contributed by atoms with Crippen molar-refractivity contribution in [1.82, 2.24) is 19.1 Å². The van der Waals surface area contributed by atoms with Gasteiger partial charge in [0.15, 0.2) is 0 Å². The van der Waals surface area contributed by atoms with Gasteiger partial charge in [-0.05, 0) is 59.7 Å². The van der Waals surface area contributed by atoms with Crippen LogP contribution in [0.1, 0.15) is 0 Å². The molecule has 0 amide bonds. The van der Waals surface area contributed by atoms with Crippen molar-refractivity contribution < 1.29 is 0 Å². The van der Waals surface area contributed by atoms with E-state index >= 15 is 0 Å². The predicted octanol–water partition coefficient (Wildman–Crippen LogP) is 11.7. The monoisotopic (exact) mass is 638 g/mol. The van der Waals surface area contributed by atoms with Crippen molar-refractivity contribution in [3.63, 3.8) is 0 Å². The van der Waals surface area contributed by atoms with Gasteiger partial charge < -0.3 is 9.13 Å². The van der Waals surface area contributed by atoms with Gasteiger partial charge in [0.05, 0.1) is 33.4 Å². The molecule has 4 nitrogen and oxygen atoms in total. The Morgan fingerprint density at radius 1 is 0.280 bits per heavy atom. The van der Waals surface area contributed by atoms with Gasteiger partial charge in [0, 0.05) is 68.6 Å². The fourth-order valence-corrected chi connectivity index (χ4v) is 7.84. The number of rotatable bonds is 5. The molecule has 50 heavy (non-hydrogen) atoms. The van der Waals surface area contributed by atoms with E-state index < -0.39 is 0 Å². The Hall–Kier alpha value is -6.78. The Balaban J connectivity index is 1.21. The lowest BCUT2D eigenvalue weighted by Gasteiger charge is -2.19. The number of nitrogens with zero attached hydrogens (tertiary/aromatic N) is 4. The molecular formula is C46H30N4. The van der Waals surface area contributed by atoms with Gasteiger partial charge in [0.25, 0.3) is 0 Å². The summed E-state index contributed by atoms with van der Waals surface area (Å²) in [7, 11) is 0. The van der Waals surface area contributed by atoms with E-state index in [0.29, 0.717) is 0 Å². The van der Waals surface area contributed by atoms with Crippen molar-refractivity contribution in [2.75, 3.05) is 0 Å². The Labute approximate surface area is 289 Å². The first-order chi connectivity index (χ1) is 24.9. The second kappa shape index (κ2) is 11.4. The Morgan fingerprint density at radius 3 is 0.980 bits per heavy atom. The van der Waals surface area contributed by atoms with Crippen LogP contribution in [-0.2, 0) is 0 Å². The molecule has 0 aliphatic heterocycles. The molecule has 4 aromatic heterocycles. The Bertz CT molecular complexity index is 2590. The molecule has 0 unspecified atom stereocenters. The smallest absolute Gasteiger partial charge is 0.0541 e. The van der Waals surface area contributed by atoms with E-state index in [9.17, 15) is 0 Å². The summed E-state index contributed by atoms with van der Waals surface area (Å²) in [6.07, 6.45) is 7.76. The van der Waals surface area contributed by atoms with Crippen LogP contribution in [0.2, 0.25) is 0 Å². The van der Waals surface area contributed by atoms with Crippen molar-refractivity contribution in [3.8, 4) is 44.8 Å². The van der Waals surface area contributed by atoms with Crippen LogP contribution in [0.5, 0.6) is 0 Å². The van der Waals surface area contributed by atoms with Crippen LogP contribution in [0.3, 0.4) is 0 Å². The van der Waals surface area contributed by atoms with Crippen LogP contribution in [0.4, 0.5) is 0 Å². The van der Waals surface area contributed by atoms with Crippen molar-refractivity contribution in [2.24, 2.45) is 0 Å². The minimum absolute atomic E-state index is 1.03. The van der Waals surface area contributed by atoms with Gasteiger partial charge in [-0.15, -0.1) is 0 Å². The van der Waals surface area contributed by atoms with Gasteiger partial charge in [0.1, 0.15) is 0 Å². The fraction of sp³-hybridized carbons (Fsp3) is 0. The molecule has 6 aromatic carbocycles. The largest absolute Gasteiger partial charge is 0.309 e. The first kappa shape index (κ1) is 28.3. The van der Waals surface area contributed by atoms with Crippen LogP contribution in [-0.4, -0.2) is 19.1 Å². The standard InChI is InChI=1S/C46H30N4/c1-7-19-41(49-43-21-9-3-15-35(43)36-16-4-10-22-44(36)49)33(13-1)31-25-27-47-29-39(31)40-30-48-28-26-32(40)34-14-2-8-20-42(34)50-45-23-11-5-17-37(45)38-18-6-12-24-46(38)50/h1-30H. The SMILES string of the molecule is c1ccc(-n2c3ccccc3c3ccccc32)c(-c2ccncc2-c2cnccc2-c2ccccc2-n2c3ccccc3c3ccccc32)c1. The zero-order valence-corrected chi connectivity index (χ0v) is 27.1. The predicted molar refractivity (Wildman–Crippen MR) is 207 cm³/mol. The maximum absolute atomic E-state index is 4.69. The molecule has 0 fully saturated rings. The van der Waals surface area contributed by atoms with Gasteiger partial charge in [-0.1, -0.05) is 109 Å². The average Bonchev–Trinajstić information content (AvgIpc) is 3.71. The average molecular weight is 639 g/mol. The summed E-state index contributed by atoms with van der Waals surface area (Å²) < 4.78 is 4.79. The first-order valence-electron chi connectivity index (χ1n) is 16.9. The van der Waals surface area contributed by atoms with Crippen LogP contribution in [0.15, 0.2) is 183 Å². The summed E-state index contributed by atoms with van der Waals surface area (Å²) >= 11 is 0. The number of pyridine rings is 2. The summed E-state index contributed by atoms with van der Waals surface area (Å²) in [4.78, 5) is 9.38. The molecule has 0 spiro atoms. The Morgan fingerprint density at radius 2 is 0.600 bits per heavy atom.